The van der Waals surface area contributed by atoms with Gasteiger partial charge in [-0.05, 0) is 18.2 Å². The van der Waals surface area contributed by atoms with Crippen LogP contribution in [0.25, 0.3) is 0 Å². The molecule has 0 amide bonds. The molecule has 0 saturated carbocycles. The van der Waals surface area contributed by atoms with Crippen molar-refractivity contribution in [2.45, 2.75) is 6.42 Å². The topological polar surface area (TPSA) is 65.9 Å². The molecule has 1 aromatic heterocycles. The van der Waals surface area contributed by atoms with Crippen molar-refractivity contribution in [3.8, 4) is 6.07 Å². The molecule has 4 nitrogen and oxygen atoms in total. The Kier molecular flexibility index (Phi) is 3.77. The number of nitrogens with two attached hydrogens (primary N) is 1. The van der Waals surface area contributed by atoms with E-state index in [1.165, 1.54) is 0 Å². The molecule has 0 saturated heterocycles. The number of benzene rings is 1. The minimum atomic E-state index is 0.436. The average molecular weight is 238 g/mol. The maximum absolute atomic E-state index is 8.74. The zero-order valence-electron chi connectivity index (χ0n) is 9.95. The second-order valence-electron chi connectivity index (χ2n) is 3.84. The molecule has 1 heterocycles. The third-order valence-corrected chi connectivity index (χ3v) is 2.56. The number of para-hydroxylation sites is 1. The van der Waals surface area contributed by atoms with Gasteiger partial charge in [0, 0.05) is 30.2 Å². The van der Waals surface area contributed by atoms with E-state index in [2.05, 4.69) is 11.1 Å². The Balaban J connectivity index is 2.34. The van der Waals surface area contributed by atoms with E-state index in [0.29, 0.717) is 18.7 Å². The fraction of sp³-hybridized carbons (Fsp3) is 0.143. The first-order valence-corrected chi connectivity index (χ1v) is 5.72. The Labute approximate surface area is 106 Å². The fourth-order valence-electron chi connectivity index (χ4n) is 1.73. The molecule has 2 N–H and O–H groups in total. The molecule has 0 aliphatic rings. The highest BCUT2D eigenvalue weighted by atomic mass is 15.2. The molecule has 0 fully saturated rings. The van der Waals surface area contributed by atoms with Gasteiger partial charge in [0.05, 0.1) is 12.5 Å². The summed E-state index contributed by atoms with van der Waals surface area (Å²) in [6.45, 7) is 0.594. The van der Waals surface area contributed by atoms with Crippen LogP contribution in [0.2, 0.25) is 0 Å². The summed E-state index contributed by atoms with van der Waals surface area (Å²) in [5, 5.41) is 8.74. The zero-order chi connectivity index (χ0) is 12.8. The SMILES string of the molecule is N#CCCN(c1ccccc1)c1cc(N)ccn1. The number of hydrogen-bond donors (Lipinski definition) is 1. The molecule has 0 bridgehead atoms. The van der Waals surface area contributed by atoms with Gasteiger partial charge in [-0.25, -0.2) is 4.98 Å². The van der Waals surface area contributed by atoms with Crippen LogP contribution in [0, 0.1) is 11.3 Å². The predicted molar refractivity (Wildman–Crippen MR) is 72.3 cm³/mol. The Morgan fingerprint density at radius 3 is 2.67 bits per heavy atom. The molecule has 0 unspecified atom stereocenters. The van der Waals surface area contributed by atoms with Gasteiger partial charge in [-0.3, -0.25) is 0 Å². The van der Waals surface area contributed by atoms with Crippen LogP contribution in [0.3, 0.4) is 0 Å². The van der Waals surface area contributed by atoms with E-state index in [9.17, 15) is 0 Å². The smallest absolute Gasteiger partial charge is 0.135 e. The quantitative estimate of drug-likeness (QED) is 0.889. The van der Waals surface area contributed by atoms with Crippen molar-refractivity contribution in [1.29, 1.82) is 5.26 Å². The highest BCUT2D eigenvalue weighted by Gasteiger charge is 2.09. The Morgan fingerprint density at radius 1 is 1.22 bits per heavy atom. The van der Waals surface area contributed by atoms with Crippen molar-refractivity contribution in [1.82, 2.24) is 4.98 Å². The Hall–Kier alpha value is -2.54. The largest absolute Gasteiger partial charge is 0.399 e. The number of pyridine rings is 1. The third kappa shape index (κ3) is 2.77. The molecule has 18 heavy (non-hydrogen) atoms. The van der Waals surface area contributed by atoms with Crippen LogP contribution in [0.4, 0.5) is 17.2 Å². The van der Waals surface area contributed by atoms with Crippen LogP contribution in [0.15, 0.2) is 48.7 Å². The molecule has 2 aromatic rings. The van der Waals surface area contributed by atoms with E-state index in [1.54, 1.807) is 12.3 Å². The van der Waals surface area contributed by atoms with E-state index < -0.39 is 0 Å². The lowest BCUT2D eigenvalue weighted by Gasteiger charge is -2.22. The van der Waals surface area contributed by atoms with E-state index in [4.69, 9.17) is 11.0 Å². The number of nitrogens with zero attached hydrogens (tertiary/aromatic N) is 3. The van der Waals surface area contributed by atoms with Gasteiger partial charge in [-0.2, -0.15) is 5.26 Å². The van der Waals surface area contributed by atoms with Crippen molar-refractivity contribution in [3.63, 3.8) is 0 Å². The third-order valence-electron chi connectivity index (χ3n) is 2.56. The normalized spacial score (nSPS) is 9.72. The van der Waals surface area contributed by atoms with Crippen molar-refractivity contribution in [2.75, 3.05) is 17.2 Å². The minimum absolute atomic E-state index is 0.436. The highest BCUT2D eigenvalue weighted by molar-refractivity contribution is 5.62. The molecular formula is C14H14N4. The van der Waals surface area contributed by atoms with Crippen LogP contribution < -0.4 is 10.6 Å². The summed E-state index contributed by atoms with van der Waals surface area (Å²) in [6, 6.07) is 15.6. The molecule has 90 valence electrons. The van der Waals surface area contributed by atoms with Crippen molar-refractivity contribution in [2.24, 2.45) is 0 Å². The van der Waals surface area contributed by atoms with Crippen LogP contribution in [-0.2, 0) is 0 Å². The second kappa shape index (κ2) is 5.69. The van der Waals surface area contributed by atoms with E-state index in [1.807, 2.05) is 41.3 Å². The minimum Gasteiger partial charge on any atom is -0.399 e. The molecule has 2 rings (SSSR count). The van der Waals surface area contributed by atoms with Gasteiger partial charge in [0.2, 0.25) is 0 Å². The standard InChI is InChI=1S/C14H14N4/c15-8-4-10-18(13-5-2-1-3-6-13)14-11-12(16)7-9-17-14/h1-3,5-7,9,11H,4,10H2,(H2,16,17). The van der Waals surface area contributed by atoms with Crippen LogP contribution in [0.1, 0.15) is 6.42 Å². The number of rotatable bonds is 4. The van der Waals surface area contributed by atoms with Crippen molar-refractivity contribution in [3.05, 3.63) is 48.7 Å². The molecule has 4 heteroatoms. The Morgan fingerprint density at radius 2 is 2.00 bits per heavy atom. The molecule has 0 atom stereocenters. The molecule has 1 aromatic carbocycles. The lowest BCUT2D eigenvalue weighted by Crippen LogP contribution is -2.19. The summed E-state index contributed by atoms with van der Waals surface area (Å²) in [4.78, 5) is 6.29. The average Bonchev–Trinajstić information content (AvgIpc) is 2.40. The lowest BCUT2D eigenvalue weighted by atomic mass is 10.2. The summed E-state index contributed by atoms with van der Waals surface area (Å²) in [5.74, 6) is 0.761. The van der Waals surface area contributed by atoms with Gasteiger partial charge in [-0.1, -0.05) is 18.2 Å². The first kappa shape index (κ1) is 11.9. The maximum atomic E-state index is 8.74. The zero-order valence-corrected chi connectivity index (χ0v) is 9.95. The number of hydrogen-bond acceptors (Lipinski definition) is 4. The van der Waals surface area contributed by atoms with E-state index in [0.717, 1.165) is 11.5 Å². The molecular weight excluding hydrogens is 224 g/mol. The maximum Gasteiger partial charge on any atom is 0.135 e. The summed E-state index contributed by atoms with van der Waals surface area (Å²) in [6.07, 6.45) is 2.11. The number of nitrogen functional groups attached to an aromatic ring is 1. The highest BCUT2D eigenvalue weighted by Crippen LogP contribution is 2.24. The van der Waals surface area contributed by atoms with Gasteiger partial charge < -0.3 is 10.6 Å². The number of nitriles is 1. The summed E-state index contributed by atoms with van der Waals surface area (Å²) < 4.78 is 0. The number of anilines is 3. The summed E-state index contributed by atoms with van der Waals surface area (Å²) >= 11 is 0. The monoisotopic (exact) mass is 238 g/mol. The molecule has 0 aliphatic carbocycles. The van der Waals surface area contributed by atoms with E-state index in [-0.39, 0.29) is 0 Å². The van der Waals surface area contributed by atoms with Crippen LogP contribution in [-0.4, -0.2) is 11.5 Å². The van der Waals surface area contributed by atoms with Gasteiger partial charge in [-0.15, -0.1) is 0 Å². The van der Waals surface area contributed by atoms with Gasteiger partial charge in [0.1, 0.15) is 5.82 Å². The van der Waals surface area contributed by atoms with Gasteiger partial charge in [0.25, 0.3) is 0 Å². The second-order valence-corrected chi connectivity index (χ2v) is 3.84. The van der Waals surface area contributed by atoms with Gasteiger partial charge in [0.15, 0.2) is 0 Å². The molecule has 0 aliphatic heterocycles. The van der Waals surface area contributed by atoms with Crippen molar-refractivity contribution < 1.29 is 0 Å². The molecule has 0 spiro atoms. The van der Waals surface area contributed by atoms with Crippen LogP contribution >= 0.6 is 0 Å². The first-order chi connectivity index (χ1) is 8.81. The van der Waals surface area contributed by atoms with E-state index >= 15 is 0 Å². The molecule has 0 radical (unpaired) electrons. The fourth-order valence-corrected chi connectivity index (χ4v) is 1.73. The Bertz CT molecular complexity index is 545. The summed E-state index contributed by atoms with van der Waals surface area (Å²) in [5.41, 5.74) is 7.44. The number of aromatic nitrogens is 1. The van der Waals surface area contributed by atoms with Crippen LogP contribution in [0.5, 0.6) is 0 Å². The lowest BCUT2D eigenvalue weighted by molar-refractivity contribution is 0.927. The van der Waals surface area contributed by atoms with Gasteiger partial charge >= 0.3 is 0 Å². The first-order valence-electron chi connectivity index (χ1n) is 5.72. The van der Waals surface area contributed by atoms with Crippen molar-refractivity contribution >= 4 is 17.2 Å². The predicted octanol–water partition coefficient (Wildman–Crippen LogP) is 2.72. The summed E-state index contributed by atoms with van der Waals surface area (Å²) in [7, 11) is 0.